The normalized spacial score (nSPS) is 22.0. The summed E-state index contributed by atoms with van der Waals surface area (Å²) in [5.74, 6) is 6.16. The molecule has 0 heterocycles. The molecule has 0 saturated heterocycles. The number of anilines is 1. The van der Waals surface area contributed by atoms with Gasteiger partial charge in [-0.3, -0.25) is 5.84 Å². The van der Waals surface area contributed by atoms with Gasteiger partial charge in [-0.25, -0.2) is 21.6 Å². The largest absolute Gasteiger partial charge is 0.323 e. The van der Waals surface area contributed by atoms with E-state index in [9.17, 15) is 16.8 Å². The lowest BCUT2D eigenvalue weighted by Gasteiger charge is -2.12. The summed E-state index contributed by atoms with van der Waals surface area (Å²) < 4.78 is 50.3. The molecule has 1 aliphatic carbocycles. The number of hydrazine groups is 1. The van der Waals surface area contributed by atoms with Crippen LogP contribution in [0, 0.1) is 11.8 Å². The summed E-state index contributed by atoms with van der Waals surface area (Å²) in [6.07, 6.45) is 2.02. The van der Waals surface area contributed by atoms with Crippen molar-refractivity contribution in [3.63, 3.8) is 0 Å². The van der Waals surface area contributed by atoms with E-state index in [1.807, 2.05) is 0 Å². The molecular weight excluding hydrogens is 314 g/mol. The second kappa shape index (κ2) is 5.56. The van der Waals surface area contributed by atoms with E-state index < -0.39 is 19.9 Å². The van der Waals surface area contributed by atoms with Gasteiger partial charge in [-0.2, -0.15) is 0 Å². The highest BCUT2D eigenvalue weighted by Crippen LogP contribution is 2.37. The second-order valence-corrected chi connectivity index (χ2v) is 9.15. The van der Waals surface area contributed by atoms with E-state index in [0.29, 0.717) is 18.4 Å². The molecule has 4 N–H and O–H groups in total. The van der Waals surface area contributed by atoms with Crippen molar-refractivity contribution >= 4 is 25.5 Å². The fourth-order valence-electron chi connectivity index (χ4n) is 2.05. The van der Waals surface area contributed by atoms with E-state index in [2.05, 4.69) is 17.1 Å². The van der Waals surface area contributed by atoms with Gasteiger partial charge < -0.3 is 5.43 Å². The van der Waals surface area contributed by atoms with Crippen LogP contribution in [0.2, 0.25) is 0 Å². The van der Waals surface area contributed by atoms with Crippen LogP contribution in [0.5, 0.6) is 0 Å². The van der Waals surface area contributed by atoms with Crippen molar-refractivity contribution in [3.05, 3.63) is 18.2 Å². The van der Waals surface area contributed by atoms with E-state index in [1.165, 1.54) is 12.1 Å². The highest BCUT2D eigenvalue weighted by molar-refractivity contribution is 7.91. The maximum absolute atomic E-state index is 12.3. The molecule has 9 heteroatoms. The summed E-state index contributed by atoms with van der Waals surface area (Å²) in [4.78, 5) is -0.233. The Morgan fingerprint density at radius 2 is 1.90 bits per heavy atom. The molecule has 1 aliphatic rings. The number of sulfone groups is 1. The summed E-state index contributed by atoms with van der Waals surface area (Å²) >= 11 is 0. The number of sulfonamides is 1. The third-order valence-electron chi connectivity index (χ3n) is 3.64. The van der Waals surface area contributed by atoms with Crippen molar-refractivity contribution in [3.8, 4) is 0 Å². The van der Waals surface area contributed by atoms with Gasteiger partial charge in [0.2, 0.25) is 10.0 Å². The van der Waals surface area contributed by atoms with Crippen molar-refractivity contribution in [2.24, 2.45) is 17.7 Å². The lowest BCUT2D eigenvalue weighted by atomic mass is 10.3. The maximum atomic E-state index is 12.3. The Hall–Kier alpha value is -1.16. The fraction of sp³-hybridized carbons (Fsp3) is 0.500. The first-order valence-electron chi connectivity index (χ1n) is 6.45. The molecule has 21 heavy (non-hydrogen) atoms. The Morgan fingerprint density at radius 1 is 1.29 bits per heavy atom. The average Bonchev–Trinajstić information content (AvgIpc) is 3.11. The van der Waals surface area contributed by atoms with Crippen molar-refractivity contribution in [1.29, 1.82) is 0 Å². The van der Waals surface area contributed by atoms with Gasteiger partial charge in [0.1, 0.15) is 4.90 Å². The molecule has 0 radical (unpaired) electrons. The van der Waals surface area contributed by atoms with Gasteiger partial charge >= 0.3 is 0 Å². The lowest BCUT2D eigenvalue weighted by Crippen LogP contribution is -2.27. The molecular formula is C12H19N3O4S2. The van der Waals surface area contributed by atoms with Gasteiger partial charge in [0.15, 0.2) is 9.84 Å². The Bertz CT molecular complexity index is 744. The molecule has 1 aromatic carbocycles. The first-order chi connectivity index (χ1) is 9.65. The highest BCUT2D eigenvalue weighted by atomic mass is 32.2. The number of nitrogens with two attached hydrogens (primary N) is 1. The highest BCUT2D eigenvalue weighted by Gasteiger charge is 2.33. The van der Waals surface area contributed by atoms with Gasteiger partial charge in [-0.15, -0.1) is 0 Å². The Kier molecular flexibility index (Phi) is 4.29. The number of nitrogens with one attached hydrogen (secondary N) is 2. The molecule has 0 bridgehead atoms. The van der Waals surface area contributed by atoms with E-state index in [4.69, 9.17) is 5.84 Å². The fourth-order valence-corrected chi connectivity index (χ4v) is 4.06. The van der Waals surface area contributed by atoms with Crippen LogP contribution in [0.3, 0.4) is 0 Å². The SMILES string of the molecule is CC1CC1CNS(=O)(=O)c1cc(S(C)(=O)=O)ccc1NN. The van der Waals surface area contributed by atoms with Crippen LogP contribution < -0.4 is 16.0 Å². The average molecular weight is 333 g/mol. The number of nitrogen functional groups attached to an aromatic ring is 1. The van der Waals surface area contributed by atoms with Gasteiger partial charge in [0, 0.05) is 12.8 Å². The molecule has 1 fully saturated rings. The zero-order valence-electron chi connectivity index (χ0n) is 11.8. The molecule has 1 aromatic rings. The van der Waals surface area contributed by atoms with Crippen molar-refractivity contribution in [1.82, 2.24) is 4.72 Å². The molecule has 0 amide bonds. The molecule has 0 spiro atoms. The van der Waals surface area contributed by atoms with E-state index in [1.54, 1.807) is 0 Å². The first-order valence-corrected chi connectivity index (χ1v) is 9.83. The zero-order valence-corrected chi connectivity index (χ0v) is 13.5. The number of hydrogen-bond acceptors (Lipinski definition) is 6. The smallest absolute Gasteiger partial charge is 0.242 e. The minimum atomic E-state index is -3.82. The third-order valence-corrected chi connectivity index (χ3v) is 6.21. The number of benzene rings is 1. The van der Waals surface area contributed by atoms with E-state index >= 15 is 0 Å². The molecule has 2 rings (SSSR count). The molecule has 118 valence electrons. The summed E-state index contributed by atoms with van der Waals surface area (Å²) in [6.45, 7) is 2.40. The van der Waals surface area contributed by atoms with Crippen LogP contribution in [0.25, 0.3) is 0 Å². The first kappa shape index (κ1) is 16.2. The van der Waals surface area contributed by atoms with Gasteiger partial charge in [0.25, 0.3) is 0 Å². The van der Waals surface area contributed by atoms with Crippen molar-refractivity contribution in [2.45, 2.75) is 23.1 Å². The quantitative estimate of drug-likeness (QED) is 0.509. The third kappa shape index (κ3) is 3.73. The summed E-state index contributed by atoms with van der Waals surface area (Å²) in [5, 5.41) is 0. The van der Waals surface area contributed by atoms with Crippen LogP contribution in [0.4, 0.5) is 5.69 Å². The van der Waals surface area contributed by atoms with Crippen LogP contribution >= 0.6 is 0 Å². The molecule has 0 aromatic heterocycles. The number of hydrogen-bond donors (Lipinski definition) is 3. The van der Waals surface area contributed by atoms with E-state index in [0.717, 1.165) is 18.7 Å². The van der Waals surface area contributed by atoms with Gasteiger partial charge in [0.05, 0.1) is 10.6 Å². The van der Waals surface area contributed by atoms with Crippen molar-refractivity contribution in [2.75, 3.05) is 18.2 Å². The van der Waals surface area contributed by atoms with Gasteiger partial charge in [-0.05, 0) is 36.5 Å². The van der Waals surface area contributed by atoms with Gasteiger partial charge in [-0.1, -0.05) is 6.92 Å². The Balaban J connectivity index is 2.35. The monoisotopic (exact) mass is 333 g/mol. The van der Waals surface area contributed by atoms with Crippen LogP contribution in [0.15, 0.2) is 28.0 Å². The molecule has 1 saturated carbocycles. The Labute approximate surface area is 124 Å². The summed E-state index contributed by atoms with van der Waals surface area (Å²) in [7, 11) is -7.32. The zero-order chi connectivity index (χ0) is 15.8. The minimum Gasteiger partial charge on any atom is -0.323 e. The maximum Gasteiger partial charge on any atom is 0.242 e. The van der Waals surface area contributed by atoms with Crippen LogP contribution in [-0.4, -0.2) is 29.6 Å². The summed E-state index contributed by atoms with van der Waals surface area (Å²) in [6, 6.07) is 3.76. The topological polar surface area (TPSA) is 118 Å². The lowest BCUT2D eigenvalue weighted by molar-refractivity contribution is 0.574. The predicted molar refractivity (Wildman–Crippen MR) is 79.8 cm³/mol. The van der Waals surface area contributed by atoms with Crippen LogP contribution in [-0.2, 0) is 19.9 Å². The van der Waals surface area contributed by atoms with Crippen LogP contribution in [0.1, 0.15) is 13.3 Å². The molecule has 2 unspecified atom stereocenters. The standard InChI is InChI=1S/C12H19N3O4S2/c1-8-5-9(8)7-14-21(18,19)12-6-10(20(2,16)17)3-4-11(12)15-13/h3-4,6,8-9,14-15H,5,7,13H2,1-2H3. The predicted octanol–water partition coefficient (Wildman–Crippen LogP) is 0.310. The summed E-state index contributed by atoms with van der Waals surface area (Å²) in [5.41, 5.74) is 2.43. The second-order valence-electron chi connectivity index (χ2n) is 5.40. The Morgan fingerprint density at radius 3 is 2.38 bits per heavy atom. The molecule has 2 atom stereocenters. The van der Waals surface area contributed by atoms with E-state index in [-0.39, 0.29) is 15.5 Å². The molecule has 7 nitrogen and oxygen atoms in total. The van der Waals surface area contributed by atoms with Crippen molar-refractivity contribution < 1.29 is 16.8 Å². The minimum absolute atomic E-state index is 0.0679. The molecule has 0 aliphatic heterocycles. The number of rotatable bonds is 6.